The molecule has 0 saturated heterocycles. The second-order valence-electron chi connectivity index (χ2n) is 6.26. The van der Waals surface area contributed by atoms with Gasteiger partial charge in [-0.1, -0.05) is 43.5 Å². The second-order valence-corrected chi connectivity index (χ2v) is 6.26. The molecule has 0 spiro atoms. The van der Waals surface area contributed by atoms with Crippen molar-refractivity contribution in [2.24, 2.45) is 0 Å². The number of rotatable bonds is 7. The normalized spacial score (nSPS) is 11.9. The van der Waals surface area contributed by atoms with Crippen LogP contribution in [0.2, 0.25) is 0 Å². The van der Waals surface area contributed by atoms with Crippen molar-refractivity contribution in [2.75, 3.05) is 0 Å². The average Bonchev–Trinajstić information content (AvgIpc) is 2.63. The Morgan fingerprint density at radius 2 is 1.70 bits per heavy atom. The first-order chi connectivity index (χ1) is 12.8. The molecule has 4 nitrogen and oxygen atoms in total. The zero-order chi connectivity index (χ0) is 20.0. The van der Waals surface area contributed by atoms with E-state index in [2.05, 4.69) is 13.2 Å². The van der Waals surface area contributed by atoms with E-state index in [4.69, 9.17) is 9.47 Å². The number of hydrogen-bond donors (Lipinski definition) is 1. The Labute approximate surface area is 160 Å². The van der Waals surface area contributed by atoms with Crippen molar-refractivity contribution < 1.29 is 19.4 Å². The zero-order valence-corrected chi connectivity index (χ0v) is 15.9. The Bertz CT molecular complexity index is 876. The fourth-order valence-electron chi connectivity index (χ4n) is 2.27. The largest absolute Gasteiger partial charge is 0.461 e. The van der Waals surface area contributed by atoms with E-state index in [-0.39, 0.29) is 0 Å². The number of carbonyl (C=O) groups is 1. The predicted molar refractivity (Wildman–Crippen MR) is 108 cm³/mol. The molecule has 27 heavy (non-hydrogen) atoms. The van der Waals surface area contributed by atoms with Gasteiger partial charge in [0, 0.05) is 11.1 Å². The highest BCUT2D eigenvalue weighted by Gasteiger charge is 2.11. The van der Waals surface area contributed by atoms with Crippen LogP contribution in [0.3, 0.4) is 0 Å². The summed E-state index contributed by atoms with van der Waals surface area (Å²) in [5.41, 5.74) is 3.61. The number of allylic oxidation sites excluding steroid dienone is 1. The lowest BCUT2D eigenvalue weighted by Gasteiger charge is -2.14. The molecule has 0 aliphatic rings. The Balaban J connectivity index is 2.28. The first-order valence-electron chi connectivity index (χ1n) is 8.56. The molecule has 0 bridgehead atoms. The molecule has 4 heteroatoms. The highest BCUT2D eigenvalue weighted by Crippen LogP contribution is 2.29. The van der Waals surface area contributed by atoms with E-state index in [1.165, 1.54) is 0 Å². The van der Waals surface area contributed by atoms with Gasteiger partial charge in [0.1, 0.15) is 11.5 Å². The van der Waals surface area contributed by atoms with Gasteiger partial charge in [0.25, 0.3) is 0 Å². The Morgan fingerprint density at radius 3 is 2.26 bits per heavy atom. The van der Waals surface area contributed by atoms with Crippen molar-refractivity contribution in [3.8, 4) is 22.6 Å². The third kappa shape index (κ3) is 5.43. The van der Waals surface area contributed by atoms with Crippen molar-refractivity contribution in [2.45, 2.75) is 27.1 Å². The summed E-state index contributed by atoms with van der Waals surface area (Å²) in [5.74, 6) is 0.579. The Kier molecular flexibility index (Phi) is 6.74. The number of aliphatic hydroxyl groups is 1. The van der Waals surface area contributed by atoms with Gasteiger partial charge >= 0.3 is 5.97 Å². The number of aliphatic hydroxyl groups excluding tert-OH is 1. The molecular weight excluding hydrogens is 340 g/mol. The summed E-state index contributed by atoms with van der Waals surface area (Å²) in [5, 5.41) is 9.73. The summed E-state index contributed by atoms with van der Waals surface area (Å²) in [4.78, 5) is 11.8. The molecule has 0 aliphatic carbocycles. The summed E-state index contributed by atoms with van der Waals surface area (Å²) in [6.07, 6.45) is 2.73. The number of benzene rings is 2. The quantitative estimate of drug-likeness (QED) is 0.243. The highest BCUT2D eigenvalue weighted by molar-refractivity contribution is 5.89. The zero-order valence-electron chi connectivity index (χ0n) is 15.9. The van der Waals surface area contributed by atoms with Crippen molar-refractivity contribution in [3.05, 3.63) is 78.4 Å². The number of hydrogen-bond acceptors (Lipinski definition) is 4. The molecule has 0 aliphatic heterocycles. The first-order valence-corrected chi connectivity index (χ1v) is 8.56. The standard InChI is InChI=1S/C23H24O4/c1-6-7-19-14-18(10-13-21(19)27-23(25)16(4)5)17-8-11-20(12-9-17)26-22(24)15(2)3/h6-14,22,24H,2,4H2,1,3,5H3/b7-6+. The molecule has 2 aromatic rings. The van der Waals surface area contributed by atoms with Gasteiger partial charge in [-0.25, -0.2) is 4.79 Å². The van der Waals surface area contributed by atoms with E-state index in [9.17, 15) is 9.90 Å². The second kappa shape index (κ2) is 9.01. The van der Waals surface area contributed by atoms with Crippen LogP contribution in [-0.2, 0) is 4.79 Å². The lowest BCUT2D eigenvalue weighted by Crippen LogP contribution is -2.15. The topological polar surface area (TPSA) is 55.8 Å². The van der Waals surface area contributed by atoms with E-state index in [1.807, 2.05) is 43.3 Å². The third-order valence-electron chi connectivity index (χ3n) is 3.76. The molecule has 0 saturated carbocycles. The van der Waals surface area contributed by atoms with Crippen LogP contribution in [-0.4, -0.2) is 17.4 Å². The summed E-state index contributed by atoms with van der Waals surface area (Å²) in [6, 6.07) is 13.0. The Hall–Kier alpha value is -3.11. The van der Waals surface area contributed by atoms with Gasteiger partial charge in [0.05, 0.1) is 0 Å². The minimum atomic E-state index is -1.03. The predicted octanol–water partition coefficient (Wildman–Crippen LogP) is 5.14. The lowest BCUT2D eigenvalue weighted by molar-refractivity contribution is -0.130. The molecule has 2 rings (SSSR count). The van der Waals surface area contributed by atoms with Crippen molar-refractivity contribution in [1.82, 2.24) is 0 Å². The Morgan fingerprint density at radius 1 is 1.07 bits per heavy atom. The van der Waals surface area contributed by atoms with Gasteiger partial charge < -0.3 is 14.6 Å². The molecule has 0 aromatic heterocycles. The van der Waals surface area contributed by atoms with Crippen molar-refractivity contribution in [3.63, 3.8) is 0 Å². The van der Waals surface area contributed by atoms with Crippen LogP contribution in [0.5, 0.6) is 11.5 Å². The van der Waals surface area contributed by atoms with Crippen molar-refractivity contribution in [1.29, 1.82) is 0 Å². The van der Waals surface area contributed by atoms with Crippen LogP contribution in [0.25, 0.3) is 17.2 Å². The number of esters is 1. The summed E-state index contributed by atoms with van der Waals surface area (Å²) in [6.45, 7) is 12.5. The van der Waals surface area contributed by atoms with Gasteiger partial charge in [0.2, 0.25) is 6.29 Å². The van der Waals surface area contributed by atoms with Gasteiger partial charge in [0.15, 0.2) is 0 Å². The van der Waals surface area contributed by atoms with E-state index in [0.717, 1.165) is 16.7 Å². The molecule has 0 heterocycles. The van der Waals surface area contributed by atoms with Crippen molar-refractivity contribution >= 4 is 12.0 Å². The fourth-order valence-corrected chi connectivity index (χ4v) is 2.27. The van der Waals surface area contributed by atoms with Crippen LogP contribution in [0, 0.1) is 0 Å². The molecule has 140 valence electrons. The third-order valence-corrected chi connectivity index (χ3v) is 3.76. The molecule has 0 radical (unpaired) electrons. The van der Waals surface area contributed by atoms with Crippen LogP contribution in [0.4, 0.5) is 0 Å². The number of ether oxygens (including phenoxy) is 2. The van der Waals surface area contributed by atoms with Gasteiger partial charge in [-0.2, -0.15) is 0 Å². The molecule has 2 aromatic carbocycles. The molecule has 1 atom stereocenters. The fraction of sp³-hybridized carbons (Fsp3) is 0.174. The highest BCUT2D eigenvalue weighted by atomic mass is 16.6. The minimum Gasteiger partial charge on any atom is -0.461 e. The monoisotopic (exact) mass is 364 g/mol. The molecule has 1 unspecified atom stereocenters. The maximum Gasteiger partial charge on any atom is 0.338 e. The van der Waals surface area contributed by atoms with E-state index in [1.54, 1.807) is 32.0 Å². The van der Waals surface area contributed by atoms with Crippen LogP contribution >= 0.6 is 0 Å². The minimum absolute atomic E-state index is 0.345. The van der Waals surface area contributed by atoms with E-state index < -0.39 is 12.3 Å². The average molecular weight is 364 g/mol. The molecular formula is C23H24O4. The lowest BCUT2D eigenvalue weighted by atomic mass is 10.0. The maximum absolute atomic E-state index is 11.8. The molecule has 0 amide bonds. The SMILES string of the molecule is C=C(C)C(=O)Oc1ccc(-c2ccc(OC(O)C(=C)C)cc2)cc1/C=C/C. The molecule has 1 N–H and O–H groups in total. The van der Waals surface area contributed by atoms with Gasteiger partial charge in [-0.05, 0) is 61.7 Å². The molecule has 0 fully saturated rings. The van der Waals surface area contributed by atoms with E-state index in [0.29, 0.717) is 22.6 Å². The van der Waals surface area contributed by atoms with Gasteiger partial charge in [-0.15, -0.1) is 0 Å². The first kappa shape index (κ1) is 20.2. The van der Waals surface area contributed by atoms with Crippen LogP contribution in [0.1, 0.15) is 26.3 Å². The van der Waals surface area contributed by atoms with Gasteiger partial charge in [-0.3, -0.25) is 0 Å². The summed E-state index contributed by atoms with van der Waals surface area (Å²) < 4.78 is 10.8. The maximum atomic E-state index is 11.8. The summed E-state index contributed by atoms with van der Waals surface area (Å²) >= 11 is 0. The van der Waals surface area contributed by atoms with Crippen LogP contribution < -0.4 is 9.47 Å². The smallest absolute Gasteiger partial charge is 0.338 e. The van der Waals surface area contributed by atoms with E-state index >= 15 is 0 Å². The summed E-state index contributed by atoms with van der Waals surface area (Å²) in [7, 11) is 0. The number of carbonyl (C=O) groups excluding carboxylic acids is 1. The van der Waals surface area contributed by atoms with Crippen LogP contribution in [0.15, 0.2) is 72.8 Å².